The fraction of sp³-hybridized carbons (Fsp3) is 0.0833. The van der Waals surface area contributed by atoms with Gasteiger partial charge in [0.15, 0.2) is 0 Å². The van der Waals surface area contributed by atoms with Crippen molar-refractivity contribution < 1.29 is 9.59 Å². The van der Waals surface area contributed by atoms with Crippen molar-refractivity contribution in [2.45, 2.75) is 6.92 Å². The summed E-state index contributed by atoms with van der Waals surface area (Å²) in [6.07, 6.45) is 0.550. The predicted octanol–water partition coefficient (Wildman–Crippen LogP) is 2.93. The van der Waals surface area contributed by atoms with Gasteiger partial charge in [-0.05, 0) is 42.7 Å². The Morgan fingerprint density at radius 1 is 1.37 bits per heavy atom. The quantitative estimate of drug-likeness (QED) is 0.852. The maximum absolute atomic E-state index is 12.0. The van der Waals surface area contributed by atoms with Crippen LogP contribution in [0.5, 0.6) is 0 Å². The molecule has 98 valence electrons. The van der Waals surface area contributed by atoms with Gasteiger partial charge in [-0.3, -0.25) is 9.59 Å². The highest BCUT2D eigenvalue weighted by Gasteiger charge is 2.14. The SMILES string of the molecule is Cc1nsc(NC(=O)c2ccc(Cl)cc2)c1NC=O. The Labute approximate surface area is 118 Å². The van der Waals surface area contributed by atoms with Gasteiger partial charge in [0.1, 0.15) is 5.00 Å². The van der Waals surface area contributed by atoms with Gasteiger partial charge in [-0.2, -0.15) is 4.37 Å². The number of hydrogen-bond acceptors (Lipinski definition) is 4. The Kier molecular flexibility index (Phi) is 4.13. The van der Waals surface area contributed by atoms with Crippen molar-refractivity contribution in [2.24, 2.45) is 0 Å². The average Bonchev–Trinajstić information content (AvgIpc) is 2.73. The van der Waals surface area contributed by atoms with Crippen LogP contribution in [-0.2, 0) is 4.79 Å². The first kappa shape index (κ1) is 13.5. The van der Waals surface area contributed by atoms with Crippen LogP contribution in [0.15, 0.2) is 24.3 Å². The first-order valence-corrected chi connectivity index (χ1v) is 6.50. The molecular weight excluding hydrogens is 286 g/mol. The molecule has 0 saturated heterocycles. The molecule has 1 heterocycles. The van der Waals surface area contributed by atoms with Gasteiger partial charge in [0, 0.05) is 10.6 Å². The van der Waals surface area contributed by atoms with Crippen LogP contribution in [0.25, 0.3) is 0 Å². The summed E-state index contributed by atoms with van der Waals surface area (Å²) >= 11 is 6.87. The topological polar surface area (TPSA) is 71.1 Å². The summed E-state index contributed by atoms with van der Waals surface area (Å²) in [5.41, 5.74) is 1.65. The van der Waals surface area contributed by atoms with E-state index in [4.69, 9.17) is 11.6 Å². The van der Waals surface area contributed by atoms with E-state index in [9.17, 15) is 9.59 Å². The van der Waals surface area contributed by atoms with Crippen LogP contribution < -0.4 is 10.6 Å². The highest BCUT2D eigenvalue weighted by molar-refractivity contribution is 7.11. The number of hydrogen-bond donors (Lipinski definition) is 2. The molecule has 0 fully saturated rings. The zero-order valence-corrected chi connectivity index (χ0v) is 11.5. The number of aromatic nitrogens is 1. The minimum Gasteiger partial charge on any atom is -0.325 e. The highest BCUT2D eigenvalue weighted by Crippen LogP contribution is 2.30. The molecule has 2 aromatic rings. The summed E-state index contributed by atoms with van der Waals surface area (Å²) in [6.45, 7) is 1.75. The second-order valence-electron chi connectivity index (χ2n) is 3.70. The minimum absolute atomic E-state index is 0.283. The van der Waals surface area contributed by atoms with Crippen LogP contribution in [0.3, 0.4) is 0 Å². The smallest absolute Gasteiger partial charge is 0.256 e. The highest BCUT2D eigenvalue weighted by atomic mass is 35.5. The number of aryl methyl sites for hydroxylation is 1. The molecule has 0 spiro atoms. The van der Waals surface area contributed by atoms with Gasteiger partial charge in [-0.25, -0.2) is 0 Å². The molecule has 0 aliphatic heterocycles. The maximum Gasteiger partial charge on any atom is 0.256 e. The van der Waals surface area contributed by atoms with Crippen molar-refractivity contribution >= 4 is 46.1 Å². The maximum atomic E-state index is 12.0. The number of benzene rings is 1. The molecule has 0 aliphatic rings. The summed E-state index contributed by atoms with van der Waals surface area (Å²) in [7, 11) is 0. The molecule has 0 saturated carbocycles. The number of carbonyl (C=O) groups excluding carboxylic acids is 2. The van der Waals surface area contributed by atoms with Crippen molar-refractivity contribution in [3.63, 3.8) is 0 Å². The number of nitrogens with one attached hydrogen (secondary N) is 2. The molecule has 7 heteroatoms. The third kappa shape index (κ3) is 3.10. The summed E-state index contributed by atoms with van der Waals surface area (Å²) in [5.74, 6) is -0.283. The van der Waals surface area contributed by atoms with Gasteiger partial charge >= 0.3 is 0 Å². The van der Waals surface area contributed by atoms with E-state index >= 15 is 0 Å². The molecule has 5 nitrogen and oxygen atoms in total. The van der Waals surface area contributed by atoms with Crippen LogP contribution in [0.1, 0.15) is 16.1 Å². The first-order valence-electron chi connectivity index (χ1n) is 5.35. The Morgan fingerprint density at radius 2 is 2.05 bits per heavy atom. The lowest BCUT2D eigenvalue weighted by Gasteiger charge is -2.05. The van der Waals surface area contributed by atoms with E-state index in [1.807, 2.05) is 0 Å². The fourth-order valence-corrected chi connectivity index (χ4v) is 2.34. The number of rotatable bonds is 4. The standard InChI is InChI=1S/C12H10ClN3O2S/c1-7-10(14-6-17)12(19-16-7)15-11(18)8-2-4-9(13)5-3-8/h2-6H,1H3,(H,14,17)(H,15,18). The molecule has 1 aromatic carbocycles. The van der Waals surface area contributed by atoms with Crippen molar-refractivity contribution in [1.29, 1.82) is 0 Å². The van der Waals surface area contributed by atoms with Crippen molar-refractivity contribution in [1.82, 2.24) is 4.37 Å². The lowest BCUT2D eigenvalue weighted by molar-refractivity contribution is -0.105. The summed E-state index contributed by atoms with van der Waals surface area (Å²) in [4.78, 5) is 22.5. The van der Waals surface area contributed by atoms with Crippen LogP contribution in [0.2, 0.25) is 5.02 Å². The molecule has 0 atom stereocenters. The molecular formula is C12H10ClN3O2S. The molecule has 0 radical (unpaired) electrons. The third-order valence-electron chi connectivity index (χ3n) is 2.40. The normalized spacial score (nSPS) is 10.0. The van der Waals surface area contributed by atoms with E-state index in [2.05, 4.69) is 15.0 Å². The molecule has 2 amide bonds. The molecule has 0 bridgehead atoms. The summed E-state index contributed by atoms with van der Waals surface area (Å²) in [5, 5.41) is 6.29. The van der Waals surface area contributed by atoms with Gasteiger partial charge in [-0.15, -0.1) is 0 Å². The predicted molar refractivity (Wildman–Crippen MR) is 75.9 cm³/mol. The number of nitrogens with zero attached hydrogens (tertiary/aromatic N) is 1. The van der Waals surface area contributed by atoms with E-state index in [0.717, 1.165) is 11.5 Å². The van der Waals surface area contributed by atoms with E-state index in [-0.39, 0.29) is 5.91 Å². The van der Waals surface area contributed by atoms with Crippen molar-refractivity contribution in [2.75, 3.05) is 10.6 Å². The minimum atomic E-state index is -0.283. The molecule has 0 aliphatic carbocycles. The second-order valence-corrected chi connectivity index (χ2v) is 4.91. The van der Waals surface area contributed by atoms with Crippen LogP contribution in [-0.4, -0.2) is 16.7 Å². The average molecular weight is 296 g/mol. The van der Waals surface area contributed by atoms with Crippen LogP contribution in [0, 0.1) is 6.92 Å². The molecule has 2 N–H and O–H groups in total. The van der Waals surface area contributed by atoms with E-state index < -0.39 is 0 Å². The third-order valence-corrected chi connectivity index (χ3v) is 3.51. The molecule has 1 aromatic heterocycles. The second kappa shape index (κ2) is 5.81. The molecule has 19 heavy (non-hydrogen) atoms. The summed E-state index contributed by atoms with van der Waals surface area (Å²) < 4.78 is 4.08. The number of carbonyl (C=O) groups is 2. The van der Waals surface area contributed by atoms with Gasteiger partial charge in [0.2, 0.25) is 6.41 Å². The Morgan fingerprint density at radius 3 is 2.68 bits per heavy atom. The first-order chi connectivity index (χ1) is 9.11. The van der Waals surface area contributed by atoms with Gasteiger partial charge in [-0.1, -0.05) is 11.6 Å². The fourth-order valence-electron chi connectivity index (χ4n) is 1.46. The van der Waals surface area contributed by atoms with Gasteiger partial charge in [0.25, 0.3) is 5.91 Å². The largest absolute Gasteiger partial charge is 0.325 e. The van der Waals surface area contributed by atoms with Gasteiger partial charge < -0.3 is 10.6 Å². The zero-order chi connectivity index (χ0) is 13.8. The van der Waals surface area contributed by atoms with E-state index in [1.54, 1.807) is 31.2 Å². The van der Waals surface area contributed by atoms with Crippen LogP contribution in [0.4, 0.5) is 10.7 Å². The van der Waals surface area contributed by atoms with E-state index in [1.165, 1.54) is 0 Å². The van der Waals surface area contributed by atoms with Crippen molar-refractivity contribution in [3.05, 3.63) is 40.5 Å². The number of anilines is 2. The molecule has 2 rings (SSSR count). The van der Waals surface area contributed by atoms with Crippen molar-refractivity contribution in [3.8, 4) is 0 Å². The van der Waals surface area contributed by atoms with Gasteiger partial charge in [0.05, 0.1) is 11.4 Å². The lowest BCUT2D eigenvalue weighted by atomic mass is 10.2. The number of amides is 2. The number of halogens is 1. The monoisotopic (exact) mass is 295 g/mol. The molecule has 0 unspecified atom stereocenters. The zero-order valence-electron chi connectivity index (χ0n) is 9.94. The lowest BCUT2D eigenvalue weighted by Crippen LogP contribution is -2.12. The van der Waals surface area contributed by atoms with E-state index in [0.29, 0.717) is 33.4 Å². The van der Waals surface area contributed by atoms with Crippen LogP contribution >= 0.6 is 23.1 Å². The summed E-state index contributed by atoms with van der Waals surface area (Å²) in [6, 6.07) is 6.52. The Balaban J connectivity index is 2.19. The Bertz CT molecular complexity index is 610. The Hall–Kier alpha value is -1.92.